The number of anilines is 1. The molecule has 0 aromatic carbocycles. The highest BCUT2D eigenvalue weighted by atomic mass is 32.1. The maximum atomic E-state index is 4.59. The third-order valence-corrected chi connectivity index (χ3v) is 4.26. The minimum absolute atomic E-state index is 0.761. The highest BCUT2D eigenvalue weighted by Gasteiger charge is 2.12. The lowest BCUT2D eigenvalue weighted by molar-refractivity contribution is 0.963. The standard InChI is InChI=1S/C14H16N4S/c1-9-4-5-15-6-12(9)16-7-13-11(3)17-14-18(13)10(2)8-19-14/h4-6,8,16H,7H2,1-3H3. The first-order valence-corrected chi connectivity index (χ1v) is 7.11. The lowest BCUT2D eigenvalue weighted by atomic mass is 10.2. The van der Waals surface area contributed by atoms with Crippen LogP contribution in [0.2, 0.25) is 0 Å². The van der Waals surface area contributed by atoms with Gasteiger partial charge in [-0.3, -0.25) is 9.38 Å². The Morgan fingerprint density at radius 2 is 2.16 bits per heavy atom. The third-order valence-electron chi connectivity index (χ3n) is 3.32. The minimum Gasteiger partial charge on any atom is -0.378 e. The Labute approximate surface area is 116 Å². The molecule has 0 bridgehead atoms. The van der Waals surface area contributed by atoms with Crippen molar-refractivity contribution in [2.45, 2.75) is 27.3 Å². The molecule has 0 aliphatic heterocycles. The second kappa shape index (κ2) is 4.66. The zero-order valence-electron chi connectivity index (χ0n) is 11.3. The summed E-state index contributed by atoms with van der Waals surface area (Å²) in [6, 6.07) is 2.01. The highest BCUT2D eigenvalue weighted by Crippen LogP contribution is 2.21. The molecule has 3 aromatic rings. The van der Waals surface area contributed by atoms with E-state index < -0.39 is 0 Å². The van der Waals surface area contributed by atoms with Crippen molar-refractivity contribution in [2.24, 2.45) is 0 Å². The van der Waals surface area contributed by atoms with Crippen LogP contribution in [-0.4, -0.2) is 14.4 Å². The maximum absolute atomic E-state index is 4.59. The number of aromatic nitrogens is 3. The van der Waals surface area contributed by atoms with Gasteiger partial charge in [-0.2, -0.15) is 0 Å². The first-order valence-electron chi connectivity index (χ1n) is 6.23. The molecule has 98 valence electrons. The second-order valence-electron chi connectivity index (χ2n) is 4.68. The molecule has 5 heteroatoms. The largest absolute Gasteiger partial charge is 0.378 e. The van der Waals surface area contributed by atoms with Gasteiger partial charge in [0.05, 0.1) is 29.8 Å². The van der Waals surface area contributed by atoms with Gasteiger partial charge < -0.3 is 5.32 Å². The molecule has 0 unspecified atom stereocenters. The van der Waals surface area contributed by atoms with Gasteiger partial charge in [0.25, 0.3) is 0 Å². The smallest absolute Gasteiger partial charge is 0.194 e. The number of thiazole rings is 1. The second-order valence-corrected chi connectivity index (χ2v) is 5.52. The van der Waals surface area contributed by atoms with Gasteiger partial charge in [-0.25, -0.2) is 4.98 Å². The topological polar surface area (TPSA) is 42.2 Å². The van der Waals surface area contributed by atoms with Crippen LogP contribution in [0.5, 0.6) is 0 Å². The fourth-order valence-electron chi connectivity index (χ4n) is 2.20. The number of hydrogen-bond donors (Lipinski definition) is 1. The molecule has 3 aromatic heterocycles. The van der Waals surface area contributed by atoms with Crippen LogP contribution in [0.4, 0.5) is 5.69 Å². The van der Waals surface area contributed by atoms with Gasteiger partial charge in [0.1, 0.15) is 0 Å². The van der Waals surface area contributed by atoms with Crippen LogP contribution in [0.3, 0.4) is 0 Å². The summed E-state index contributed by atoms with van der Waals surface area (Å²) >= 11 is 1.69. The molecule has 0 saturated heterocycles. The Balaban J connectivity index is 1.92. The van der Waals surface area contributed by atoms with Crippen molar-refractivity contribution in [3.63, 3.8) is 0 Å². The van der Waals surface area contributed by atoms with Crippen LogP contribution >= 0.6 is 11.3 Å². The molecule has 4 nitrogen and oxygen atoms in total. The fourth-order valence-corrected chi connectivity index (χ4v) is 3.13. The number of imidazole rings is 1. The summed E-state index contributed by atoms with van der Waals surface area (Å²) in [5, 5.41) is 5.59. The Bertz CT molecular complexity index is 726. The minimum atomic E-state index is 0.761. The van der Waals surface area contributed by atoms with Crippen molar-refractivity contribution in [1.29, 1.82) is 0 Å². The average molecular weight is 272 g/mol. The van der Waals surface area contributed by atoms with Crippen LogP contribution in [-0.2, 0) is 6.54 Å². The quantitative estimate of drug-likeness (QED) is 0.795. The maximum Gasteiger partial charge on any atom is 0.194 e. The summed E-state index contributed by atoms with van der Waals surface area (Å²) in [7, 11) is 0. The number of nitrogens with zero attached hydrogens (tertiary/aromatic N) is 3. The van der Waals surface area contributed by atoms with E-state index >= 15 is 0 Å². The van der Waals surface area contributed by atoms with Gasteiger partial charge in [0, 0.05) is 17.3 Å². The molecule has 0 aliphatic rings. The Hall–Kier alpha value is -1.88. The molecule has 0 amide bonds. The van der Waals surface area contributed by atoms with E-state index in [4.69, 9.17) is 0 Å². The third kappa shape index (κ3) is 2.10. The van der Waals surface area contributed by atoms with Crippen molar-refractivity contribution >= 4 is 22.0 Å². The fraction of sp³-hybridized carbons (Fsp3) is 0.286. The monoisotopic (exact) mass is 272 g/mol. The Morgan fingerprint density at radius 3 is 2.95 bits per heavy atom. The van der Waals surface area contributed by atoms with Gasteiger partial charge in [-0.15, -0.1) is 11.3 Å². The molecular weight excluding hydrogens is 256 g/mol. The molecule has 3 rings (SSSR count). The molecule has 0 atom stereocenters. The van der Waals surface area contributed by atoms with Crippen molar-refractivity contribution in [3.8, 4) is 0 Å². The van der Waals surface area contributed by atoms with E-state index in [-0.39, 0.29) is 0 Å². The molecule has 0 spiro atoms. The molecule has 19 heavy (non-hydrogen) atoms. The number of rotatable bonds is 3. The molecule has 0 aliphatic carbocycles. The zero-order valence-corrected chi connectivity index (χ0v) is 12.1. The van der Waals surface area contributed by atoms with Gasteiger partial charge in [0.2, 0.25) is 0 Å². The Kier molecular flexibility index (Phi) is 2.98. The summed E-state index contributed by atoms with van der Waals surface area (Å²) in [6.07, 6.45) is 3.68. The van der Waals surface area contributed by atoms with E-state index in [0.29, 0.717) is 0 Å². The van der Waals surface area contributed by atoms with E-state index in [9.17, 15) is 0 Å². The lowest BCUT2D eigenvalue weighted by Crippen LogP contribution is -2.05. The van der Waals surface area contributed by atoms with Crippen LogP contribution in [0, 0.1) is 20.8 Å². The van der Waals surface area contributed by atoms with Crippen molar-refractivity contribution in [1.82, 2.24) is 14.4 Å². The van der Waals surface area contributed by atoms with Crippen LogP contribution in [0.15, 0.2) is 23.8 Å². The number of hydrogen-bond acceptors (Lipinski definition) is 4. The summed E-state index contributed by atoms with van der Waals surface area (Å²) in [5.41, 5.74) is 5.82. The van der Waals surface area contributed by atoms with Crippen LogP contribution in [0.25, 0.3) is 4.96 Å². The van der Waals surface area contributed by atoms with E-state index in [2.05, 4.69) is 45.8 Å². The summed E-state index contributed by atoms with van der Waals surface area (Å²) < 4.78 is 2.22. The first-order chi connectivity index (χ1) is 9.16. The van der Waals surface area contributed by atoms with Gasteiger partial charge >= 0.3 is 0 Å². The highest BCUT2D eigenvalue weighted by molar-refractivity contribution is 7.15. The SMILES string of the molecule is Cc1ccncc1NCc1c(C)nc2scc(C)n12. The number of nitrogens with one attached hydrogen (secondary N) is 1. The number of aryl methyl sites for hydroxylation is 3. The first kappa shape index (κ1) is 12.2. The van der Waals surface area contributed by atoms with Gasteiger partial charge in [-0.1, -0.05) is 0 Å². The molecule has 3 heterocycles. The van der Waals surface area contributed by atoms with E-state index in [1.54, 1.807) is 11.3 Å². The Morgan fingerprint density at radius 1 is 1.32 bits per heavy atom. The van der Waals surface area contributed by atoms with E-state index in [1.165, 1.54) is 17.0 Å². The van der Waals surface area contributed by atoms with E-state index in [0.717, 1.165) is 22.9 Å². The van der Waals surface area contributed by atoms with Crippen molar-refractivity contribution in [3.05, 3.63) is 46.5 Å². The van der Waals surface area contributed by atoms with Crippen LogP contribution in [0.1, 0.15) is 22.6 Å². The molecule has 0 radical (unpaired) electrons. The van der Waals surface area contributed by atoms with E-state index in [1.807, 2.05) is 18.5 Å². The number of fused-ring (bicyclic) bond motifs is 1. The molecular formula is C14H16N4S. The molecule has 0 fully saturated rings. The summed E-state index contributed by atoms with van der Waals surface area (Å²) in [5.74, 6) is 0. The normalized spacial score (nSPS) is 11.1. The van der Waals surface area contributed by atoms with Crippen molar-refractivity contribution < 1.29 is 0 Å². The van der Waals surface area contributed by atoms with Gasteiger partial charge in [0.15, 0.2) is 4.96 Å². The summed E-state index contributed by atoms with van der Waals surface area (Å²) in [4.78, 5) is 9.81. The lowest BCUT2D eigenvalue weighted by Gasteiger charge is -2.09. The molecule has 0 saturated carbocycles. The summed E-state index contributed by atoms with van der Waals surface area (Å²) in [6.45, 7) is 7.02. The number of pyridine rings is 1. The molecule has 1 N–H and O–H groups in total. The van der Waals surface area contributed by atoms with Crippen LogP contribution < -0.4 is 5.32 Å². The van der Waals surface area contributed by atoms with Gasteiger partial charge in [-0.05, 0) is 32.4 Å². The van der Waals surface area contributed by atoms with Crippen molar-refractivity contribution in [2.75, 3.05) is 5.32 Å². The average Bonchev–Trinajstić information content (AvgIpc) is 2.89. The zero-order chi connectivity index (χ0) is 13.4. The predicted molar refractivity (Wildman–Crippen MR) is 78.8 cm³/mol. The predicted octanol–water partition coefficient (Wildman–Crippen LogP) is 3.33.